The molecule has 1 aromatic carbocycles. The molecular weight excluding hydrogens is 200 g/mol. The van der Waals surface area contributed by atoms with Gasteiger partial charge < -0.3 is 10.8 Å². The lowest BCUT2D eigenvalue weighted by Crippen LogP contribution is -2.13. The molecule has 1 atom stereocenters. The lowest BCUT2D eigenvalue weighted by Gasteiger charge is -2.11. The number of benzene rings is 1. The fourth-order valence-electron chi connectivity index (χ4n) is 0.987. The monoisotopic (exact) mass is 207 g/mol. The van der Waals surface area contributed by atoms with E-state index >= 15 is 0 Å². The van der Waals surface area contributed by atoms with E-state index in [4.69, 9.17) is 17.3 Å². The Hall–Kier alpha value is -0.870. The van der Waals surface area contributed by atoms with Crippen molar-refractivity contribution < 1.29 is 13.9 Å². The van der Waals surface area contributed by atoms with Gasteiger partial charge in [-0.05, 0) is 12.1 Å². The van der Waals surface area contributed by atoms with Gasteiger partial charge in [-0.15, -0.1) is 0 Å². The van der Waals surface area contributed by atoms with E-state index in [9.17, 15) is 13.9 Å². The fraction of sp³-hybridized carbons (Fsp3) is 0.250. The zero-order chi connectivity index (χ0) is 10.0. The van der Waals surface area contributed by atoms with Gasteiger partial charge in [-0.25, -0.2) is 8.78 Å². The highest BCUT2D eigenvalue weighted by atomic mass is 35.5. The number of nitrogens with two attached hydrogens (primary N) is 1. The standard InChI is InChI=1S/C8H8ClF2NO/c9-4-1-2-5(11)8(13)7(4)6(12)3-10/h1-2,6,13H,3,12H2/t6-/m0/s1. The molecule has 0 unspecified atom stereocenters. The van der Waals surface area contributed by atoms with Crippen LogP contribution in [-0.2, 0) is 0 Å². The second kappa shape index (κ2) is 3.89. The van der Waals surface area contributed by atoms with Crippen LogP contribution in [0, 0.1) is 5.82 Å². The molecule has 0 saturated carbocycles. The Morgan fingerprint density at radius 3 is 2.69 bits per heavy atom. The van der Waals surface area contributed by atoms with Gasteiger partial charge in [-0.1, -0.05) is 11.6 Å². The molecule has 2 nitrogen and oxygen atoms in total. The summed E-state index contributed by atoms with van der Waals surface area (Å²) in [5.41, 5.74) is 5.19. The first-order valence-corrected chi connectivity index (χ1v) is 3.94. The summed E-state index contributed by atoms with van der Waals surface area (Å²) >= 11 is 5.60. The summed E-state index contributed by atoms with van der Waals surface area (Å²) in [6.07, 6.45) is 0. The van der Waals surface area contributed by atoms with Gasteiger partial charge in [-0.3, -0.25) is 0 Å². The van der Waals surface area contributed by atoms with E-state index in [2.05, 4.69) is 0 Å². The molecule has 1 aromatic rings. The molecule has 0 aliphatic carbocycles. The minimum Gasteiger partial charge on any atom is -0.505 e. The Kier molecular flexibility index (Phi) is 3.06. The van der Waals surface area contributed by atoms with Crippen LogP contribution in [0.3, 0.4) is 0 Å². The second-order valence-electron chi connectivity index (χ2n) is 2.55. The quantitative estimate of drug-likeness (QED) is 0.781. The van der Waals surface area contributed by atoms with E-state index in [1.807, 2.05) is 0 Å². The summed E-state index contributed by atoms with van der Waals surface area (Å²) in [5.74, 6) is -1.54. The van der Waals surface area contributed by atoms with Crippen LogP contribution in [0.25, 0.3) is 0 Å². The van der Waals surface area contributed by atoms with Crippen LogP contribution >= 0.6 is 11.6 Å². The minimum absolute atomic E-state index is 0.0593. The average Bonchev–Trinajstić information content (AvgIpc) is 2.12. The SMILES string of the molecule is N[C@@H](CF)c1c(Cl)ccc(F)c1O. The van der Waals surface area contributed by atoms with Crippen molar-refractivity contribution in [1.29, 1.82) is 0 Å². The summed E-state index contributed by atoms with van der Waals surface area (Å²) in [5, 5.41) is 9.23. The van der Waals surface area contributed by atoms with Crippen LogP contribution < -0.4 is 5.73 Å². The molecule has 1 rings (SSSR count). The van der Waals surface area contributed by atoms with E-state index in [-0.39, 0.29) is 10.6 Å². The highest BCUT2D eigenvalue weighted by Crippen LogP contribution is 2.32. The first-order chi connectivity index (χ1) is 6.07. The summed E-state index contributed by atoms with van der Waals surface area (Å²) in [6.45, 7) is -0.906. The van der Waals surface area contributed by atoms with Crippen molar-refractivity contribution in [1.82, 2.24) is 0 Å². The van der Waals surface area contributed by atoms with Crippen LogP contribution in [0.1, 0.15) is 11.6 Å². The Morgan fingerprint density at radius 2 is 2.15 bits per heavy atom. The van der Waals surface area contributed by atoms with Crippen molar-refractivity contribution >= 4 is 11.6 Å². The number of phenolic OH excluding ortho intramolecular Hbond substituents is 1. The summed E-state index contributed by atoms with van der Waals surface area (Å²) in [6, 6.07) is 1.12. The summed E-state index contributed by atoms with van der Waals surface area (Å²) < 4.78 is 24.9. The largest absolute Gasteiger partial charge is 0.505 e. The van der Waals surface area contributed by atoms with Gasteiger partial charge in [-0.2, -0.15) is 0 Å². The molecule has 0 fully saturated rings. The molecule has 0 saturated heterocycles. The third kappa shape index (κ3) is 1.89. The normalized spacial score (nSPS) is 12.9. The number of halogens is 3. The number of phenols is 1. The molecule has 0 bridgehead atoms. The maximum Gasteiger partial charge on any atom is 0.165 e. The maximum absolute atomic E-state index is 12.8. The van der Waals surface area contributed by atoms with Gasteiger partial charge in [0.15, 0.2) is 11.6 Å². The molecule has 0 aliphatic heterocycles. The van der Waals surface area contributed by atoms with Crippen LogP contribution in [0.4, 0.5) is 8.78 Å². The summed E-state index contributed by atoms with van der Waals surface area (Å²) in [4.78, 5) is 0. The molecule has 0 radical (unpaired) electrons. The predicted molar refractivity (Wildman–Crippen MR) is 46.0 cm³/mol. The van der Waals surface area contributed by atoms with Gasteiger partial charge >= 0.3 is 0 Å². The highest BCUT2D eigenvalue weighted by Gasteiger charge is 2.17. The van der Waals surface area contributed by atoms with Gasteiger partial charge in [0.25, 0.3) is 0 Å². The summed E-state index contributed by atoms with van der Waals surface area (Å²) in [7, 11) is 0. The van der Waals surface area contributed by atoms with Crippen LogP contribution in [0.15, 0.2) is 12.1 Å². The first-order valence-electron chi connectivity index (χ1n) is 3.56. The topological polar surface area (TPSA) is 46.2 Å². The van der Waals surface area contributed by atoms with Crippen molar-refractivity contribution in [2.24, 2.45) is 5.73 Å². The highest BCUT2D eigenvalue weighted by molar-refractivity contribution is 6.31. The van der Waals surface area contributed by atoms with Crippen molar-refractivity contribution in [3.8, 4) is 5.75 Å². The molecule has 5 heteroatoms. The van der Waals surface area contributed by atoms with Crippen molar-refractivity contribution in [3.63, 3.8) is 0 Å². The smallest absolute Gasteiger partial charge is 0.165 e. The van der Waals surface area contributed by atoms with E-state index in [0.29, 0.717) is 0 Å². The number of alkyl halides is 1. The Morgan fingerprint density at radius 1 is 1.54 bits per heavy atom. The van der Waals surface area contributed by atoms with E-state index < -0.39 is 24.3 Å². The molecule has 0 aliphatic rings. The van der Waals surface area contributed by atoms with Gasteiger partial charge in [0, 0.05) is 10.6 Å². The molecule has 0 aromatic heterocycles. The molecule has 0 spiro atoms. The molecule has 72 valence electrons. The number of rotatable bonds is 2. The number of hydrogen-bond acceptors (Lipinski definition) is 2. The van der Waals surface area contributed by atoms with Gasteiger partial charge in [0.2, 0.25) is 0 Å². The number of hydrogen-bond donors (Lipinski definition) is 2. The Labute approximate surface area is 78.9 Å². The zero-order valence-corrected chi connectivity index (χ0v) is 7.35. The maximum atomic E-state index is 12.8. The molecular formula is C8H8ClF2NO. The molecule has 0 heterocycles. The molecule has 13 heavy (non-hydrogen) atoms. The predicted octanol–water partition coefficient (Wildman–Crippen LogP) is 2.15. The molecule has 3 N–H and O–H groups in total. The minimum atomic E-state index is -1.09. The van der Waals surface area contributed by atoms with Crippen molar-refractivity contribution in [3.05, 3.63) is 28.5 Å². The third-order valence-corrected chi connectivity index (χ3v) is 1.98. The lowest BCUT2D eigenvalue weighted by atomic mass is 10.1. The van der Waals surface area contributed by atoms with Gasteiger partial charge in [0.1, 0.15) is 6.67 Å². The van der Waals surface area contributed by atoms with E-state index in [1.165, 1.54) is 6.07 Å². The van der Waals surface area contributed by atoms with Crippen LogP contribution in [-0.4, -0.2) is 11.8 Å². The first kappa shape index (κ1) is 10.2. The third-order valence-electron chi connectivity index (χ3n) is 1.65. The Bertz CT molecular complexity index is 319. The zero-order valence-electron chi connectivity index (χ0n) is 6.60. The van der Waals surface area contributed by atoms with Crippen LogP contribution in [0.5, 0.6) is 5.75 Å². The average molecular weight is 208 g/mol. The van der Waals surface area contributed by atoms with Gasteiger partial charge in [0.05, 0.1) is 6.04 Å². The van der Waals surface area contributed by atoms with E-state index in [1.54, 1.807) is 0 Å². The number of aromatic hydroxyl groups is 1. The Balaban J connectivity index is 3.25. The second-order valence-corrected chi connectivity index (χ2v) is 2.96. The fourth-order valence-corrected chi connectivity index (χ4v) is 1.28. The molecule has 0 amide bonds. The van der Waals surface area contributed by atoms with Crippen molar-refractivity contribution in [2.75, 3.05) is 6.67 Å². The van der Waals surface area contributed by atoms with E-state index in [0.717, 1.165) is 6.07 Å². The lowest BCUT2D eigenvalue weighted by molar-refractivity contribution is 0.396. The van der Waals surface area contributed by atoms with Crippen LogP contribution in [0.2, 0.25) is 5.02 Å². The van der Waals surface area contributed by atoms with Crippen molar-refractivity contribution in [2.45, 2.75) is 6.04 Å².